The highest BCUT2D eigenvalue weighted by Gasteiger charge is 2.30. The molecule has 0 aromatic carbocycles. The zero-order valence-corrected chi connectivity index (χ0v) is 12.8. The molecule has 1 aliphatic heterocycles. The number of quaternary nitrogens is 1. The van der Waals surface area contributed by atoms with E-state index in [4.69, 9.17) is 0 Å². The number of likely N-dealkylation sites (tertiary alicyclic amines) is 1. The maximum absolute atomic E-state index is 12.4. The lowest BCUT2D eigenvalue weighted by Crippen LogP contribution is -3.12. The second kappa shape index (κ2) is 7.06. The SMILES string of the molecule is CCN(CC)C(=O)[C@H]1CCC[NH+](Cc2ccsc2)C1. The van der Waals surface area contributed by atoms with Crippen molar-refractivity contribution in [2.45, 2.75) is 33.2 Å². The maximum Gasteiger partial charge on any atom is 0.231 e. The van der Waals surface area contributed by atoms with Crippen LogP contribution in [0.15, 0.2) is 16.8 Å². The van der Waals surface area contributed by atoms with Gasteiger partial charge in [-0.2, -0.15) is 11.3 Å². The normalized spacial score (nSPS) is 23.3. The highest BCUT2D eigenvalue weighted by Crippen LogP contribution is 2.12. The number of hydrogen-bond donors (Lipinski definition) is 1. The molecule has 1 aromatic heterocycles. The number of hydrogen-bond acceptors (Lipinski definition) is 2. The summed E-state index contributed by atoms with van der Waals surface area (Å²) in [5.41, 5.74) is 1.41. The maximum atomic E-state index is 12.4. The zero-order valence-electron chi connectivity index (χ0n) is 12.0. The summed E-state index contributed by atoms with van der Waals surface area (Å²) in [6.07, 6.45) is 2.25. The van der Waals surface area contributed by atoms with Crippen LogP contribution in [0.4, 0.5) is 0 Å². The van der Waals surface area contributed by atoms with Crippen LogP contribution in [0, 0.1) is 5.92 Å². The lowest BCUT2D eigenvalue weighted by Gasteiger charge is -2.32. The van der Waals surface area contributed by atoms with E-state index in [2.05, 4.69) is 30.7 Å². The fourth-order valence-corrected chi connectivity index (χ4v) is 3.67. The summed E-state index contributed by atoms with van der Waals surface area (Å²) in [4.78, 5) is 16.0. The molecular weight excluding hydrogens is 256 g/mol. The third-order valence-electron chi connectivity index (χ3n) is 4.08. The topological polar surface area (TPSA) is 24.8 Å². The number of thiophene rings is 1. The van der Waals surface area contributed by atoms with Gasteiger partial charge >= 0.3 is 0 Å². The quantitative estimate of drug-likeness (QED) is 0.867. The minimum atomic E-state index is 0.238. The van der Waals surface area contributed by atoms with Crippen molar-refractivity contribution in [1.29, 1.82) is 0 Å². The summed E-state index contributed by atoms with van der Waals surface area (Å²) in [6.45, 7) is 9.10. The molecule has 1 aromatic rings. The molecule has 1 aliphatic rings. The molecule has 2 rings (SSSR count). The predicted octanol–water partition coefficient (Wildman–Crippen LogP) is 1.41. The first-order valence-electron chi connectivity index (χ1n) is 7.38. The molecule has 4 heteroatoms. The summed E-state index contributed by atoms with van der Waals surface area (Å²) >= 11 is 1.76. The Morgan fingerprint density at radius 3 is 2.89 bits per heavy atom. The number of carbonyl (C=O) groups excluding carboxylic acids is 1. The van der Waals surface area contributed by atoms with Crippen LogP contribution < -0.4 is 4.90 Å². The molecule has 1 fully saturated rings. The van der Waals surface area contributed by atoms with Crippen molar-refractivity contribution >= 4 is 17.2 Å². The fourth-order valence-electron chi connectivity index (χ4n) is 3.00. The third-order valence-corrected chi connectivity index (χ3v) is 4.81. The largest absolute Gasteiger partial charge is 0.343 e. The van der Waals surface area contributed by atoms with E-state index in [0.717, 1.165) is 32.6 Å². The molecule has 0 spiro atoms. The first kappa shape index (κ1) is 14.5. The van der Waals surface area contributed by atoms with E-state index in [0.29, 0.717) is 5.91 Å². The lowest BCUT2D eigenvalue weighted by molar-refractivity contribution is -0.921. The van der Waals surface area contributed by atoms with E-state index >= 15 is 0 Å². The summed E-state index contributed by atoms with van der Waals surface area (Å²) in [7, 11) is 0. The molecule has 2 atom stereocenters. The third kappa shape index (κ3) is 3.80. The Bertz CT molecular complexity index is 387. The van der Waals surface area contributed by atoms with Gasteiger partial charge in [0.05, 0.1) is 19.0 Å². The zero-order chi connectivity index (χ0) is 13.7. The van der Waals surface area contributed by atoms with Crippen LogP contribution in [0.25, 0.3) is 0 Å². The van der Waals surface area contributed by atoms with Gasteiger partial charge < -0.3 is 9.80 Å². The van der Waals surface area contributed by atoms with Gasteiger partial charge in [-0.1, -0.05) is 0 Å². The second-order valence-corrected chi connectivity index (χ2v) is 6.14. The lowest BCUT2D eigenvalue weighted by atomic mass is 9.96. The van der Waals surface area contributed by atoms with Crippen LogP contribution in [0.5, 0.6) is 0 Å². The summed E-state index contributed by atoms with van der Waals surface area (Å²) < 4.78 is 0. The average Bonchev–Trinajstić information content (AvgIpc) is 2.93. The Kier molecular flexibility index (Phi) is 5.40. The molecule has 106 valence electrons. The molecule has 3 nitrogen and oxygen atoms in total. The van der Waals surface area contributed by atoms with Gasteiger partial charge in [0.1, 0.15) is 6.54 Å². The van der Waals surface area contributed by atoms with Gasteiger partial charge in [0.15, 0.2) is 0 Å². The van der Waals surface area contributed by atoms with Crippen LogP contribution in [0.3, 0.4) is 0 Å². The van der Waals surface area contributed by atoms with Gasteiger partial charge in [-0.25, -0.2) is 0 Å². The van der Waals surface area contributed by atoms with Crippen molar-refractivity contribution in [3.8, 4) is 0 Å². The first-order valence-corrected chi connectivity index (χ1v) is 8.32. The van der Waals surface area contributed by atoms with Crippen LogP contribution in [0.1, 0.15) is 32.3 Å². The van der Waals surface area contributed by atoms with Gasteiger partial charge in [-0.15, -0.1) is 0 Å². The van der Waals surface area contributed by atoms with E-state index in [1.807, 2.05) is 4.90 Å². The van der Waals surface area contributed by atoms with Crippen molar-refractivity contribution in [3.63, 3.8) is 0 Å². The molecule has 2 heterocycles. The van der Waals surface area contributed by atoms with E-state index in [-0.39, 0.29) is 5.92 Å². The monoisotopic (exact) mass is 281 g/mol. The van der Waals surface area contributed by atoms with Crippen molar-refractivity contribution in [2.24, 2.45) is 5.92 Å². The van der Waals surface area contributed by atoms with E-state index in [9.17, 15) is 4.79 Å². The Hall–Kier alpha value is -0.870. The summed E-state index contributed by atoms with van der Waals surface area (Å²) in [6, 6.07) is 2.20. The number of rotatable bonds is 5. The van der Waals surface area contributed by atoms with Crippen LogP contribution >= 0.6 is 11.3 Å². The van der Waals surface area contributed by atoms with Crippen LogP contribution in [-0.4, -0.2) is 37.0 Å². The number of piperidine rings is 1. The molecule has 0 radical (unpaired) electrons. The molecule has 0 aliphatic carbocycles. The minimum Gasteiger partial charge on any atom is -0.343 e. The highest BCUT2D eigenvalue weighted by atomic mass is 32.1. The average molecular weight is 281 g/mol. The summed E-state index contributed by atoms with van der Waals surface area (Å²) in [5.74, 6) is 0.606. The van der Waals surface area contributed by atoms with Crippen LogP contribution in [-0.2, 0) is 11.3 Å². The second-order valence-electron chi connectivity index (χ2n) is 5.36. The predicted molar refractivity (Wildman–Crippen MR) is 79.4 cm³/mol. The highest BCUT2D eigenvalue weighted by molar-refractivity contribution is 7.07. The van der Waals surface area contributed by atoms with Gasteiger partial charge in [0.2, 0.25) is 5.91 Å². The van der Waals surface area contributed by atoms with Crippen molar-refractivity contribution in [2.75, 3.05) is 26.2 Å². The Balaban J connectivity index is 1.91. The summed E-state index contributed by atoms with van der Waals surface area (Å²) in [5, 5.41) is 4.36. The van der Waals surface area contributed by atoms with Gasteiger partial charge in [0.25, 0.3) is 0 Å². The van der Waals surface area contributed by atoms with Crippen LogP contribution in [0.2, 0.25) is 0 Å². The Morgan fingerprint density at radius 2 is 2.26 bits per heavy atom. The molecule has 0 bridgehead atoms. The Labute approximate surface area is 120 Å². The number of amides is 1. The van der Waals surface area contributed by atoms with Crippen molar-refractivity contribution in [3.05, 3.63) is 22.4 Å². The molecular formula is C15H25N2OS+. The molecule has 1 N–H and O–H groups in total. The molecule has 19 heavy (non-hydrogen) atoms. The van der Waals surface area contributed by atoms with E-state index in [1.165, 1.54) is 18.5 Å². The van der Waals surface area contributed by atoms with E-state index < -0.39 is 0 Å². The van der Waals surface area contributed by atoms with Gasteiger partial charge in [0, 0.05) is 18.7 Å². The van der Waals surface area contributed by atoms with Gasteiger partial charge in [-0.05, 0) is 43.5 Å². The van der Waals surface area contributed by atoms with E-state index in [1.54, 1.807) is 16.2 Å². The molecule has 0 saturated carbocycles. The molecule has 1 saturated heterocycles. The number of carbonyl (C=O) groups is 1. The number of nitrogens with zero attached hydrogens (tertiary/aromatic N) is 1. The molecule has 1 unspecified atom stereocenters. The first-order chi connectivity index (χ1) is 9.24. The number of nitrogens with one attached hydrogen (secondary N) is 1. The van der Waals surface area contributed by atoms with Crippen molar-refractivity contribution < 1.29 is 9.69 Å². The Morgan fingerprint density at radius 1 is 1.47 bits per heavy atom. The minimum absolute atomic E-state index is 0.238. The van der Waals surface area contributed by atoms with Crippen molar-refractivity contribution in [1.82, 2.24) is 4.90 Å². The van der Waals surface area contributed by atoms with Gasteiger partial charge in [-0.3, -0.25) is 4.79 Å². The fraction of sp³-hybridized carbons (Fsp3) is 0.667. The standard InChI is InChI=1S/C15H24N2OS/c1-3-17(4-2)15(18)14-6-5-8-16(11-14)10-13-7-9-19-12-13/h7,9,12,14H,3-6,8,10-11H2,1-2H3/p+1/t14-/m0/s1. The smallest absolute Gasteiger partial charge is 0.231 e. The molecule has 1 amide bonds.